The van der Waals surface area contributed by atoms with Crippen LogP contribution in [0.25, 0.3) is 0 Å². The molecule has 272 valence electrons. The molecule has 0 aromatic heterocycles. The molecule has 0 bridgehead atoms. The molecule has 2 aromatic carbocycles. The first-order chi connectivity index (χ1) is 23.3. The summed E-state index contributed by atoms with van der Waals surface area (Å²) in [5, 5.41) is 22.7. The van der Waals surface area contributed by atoms with Crippen LogP contribution in [-0.2, 0) is 23.1 Å². The Morgan fingerprint density at radius 2 is 1.37 bits per heavy atom. The highest BCUT2D eigenvalue weighted by molar-refractivity contribution is 7.89. The van der Waals surface area contributed by atoms with Gasteiger partial charge in [0.2, 0.25) is 10.0 Å². The van der Waals surface area contributed by atoms with E-state index in [0.29, 0.717) is 49.1 Å². The lowest BCUT2D eigenvalue weighted by molar-refractivity contribution is -0.203. The second-order valence-electron chi connectivity index (χ2n) is 16.7. The van der Waals surface area contributed by atoms with Gasteiger partial charge in [0, 0.05) is 13.1 Å². The van der Waals surface area contributed by atoms with Crippen LogP contribution >= 0.6 is 0 Å². The summed E-state index contributed by atoms with van der Waals surface area (Å²) >= 11 is 0. The van der Waals surface area contributed by atoms with Gasteiger partial charge in [0.1, 0.15) is 11.5 Å². The molecule has 8 heteroatoms. The van der Waals surface area contributed by atoms with Crippen molar-refractivity contribution in [3.05, 3.63) is 59.7 Å². The molecule has 4 aliphatic carbocycles. The normalized spacial score (nSPS) is 36.4. The highest BCUT2D eigenvalue weighted by Crippen LogP contribution is 2.69. The Morgan fingerprint density at radius 3 is 1.92 bits per heavy atom. The number of hydrogen-bond acceptors (Lipinski definition) is 6. The molecule has 0 aliphatic heterocycles. The lowest BCUT2D eigenvalue weighted by atomic mass is 9.41. The lowest BCUT2D eigenvalue weighted by Crippen LogP contribution is -2.62. The van der Waals surface area contributed by atoms with Crippen LogP contribution < -0.4 is 9.47 Å². The van der Waals surface area contributed by atoms with E-state index in [1.807, 2.05) is 48.5 Å². The second-order valence-corrected chi connectivity index (χ2v) is 18.8. The third-order valence-electron chi connectivity index (χ3n) is 14.4. The van der Waals surface area contributed by atoms with Crippen LogP contribution in [0.1, 0.15) is 96.6 Å². The summed E-state index contributed by atoms with van der Waals surface area (Å²) in [7, 11) is -0.314. The van der Waals surface area contributed by atoms with Crippen molar-refractivity contribution in [1.82, 2.24) is 4.31 Å². The van der Waals surface area contributed by atoms with Gasteiger partial charge in [-0.2, -0.15) is 4.31 Å². The van der Waals surface area contributed by atoms with Crippen molar-refractivity contribution in [1.29, 1.82) is 0 Å². The van der Waals surface area contributed by atoms with Crippen LogP contribution in [0.15, 0.2) is 48.5 Å². The standard InChI is InChI=1S/C41H61NO6S/c1-7-33-37-24-30(43)18-21-41(37,4)36-19-22-40(3)34(16-17-35(40)38(36)39(33)44)27(2)20-23-49(45,46)42(25-28-8-12-31(47-5)13-9-28)26-29-10-14-32(48-6)15-11-29/h8-15,27,30,33-39,43-44H,7,16-26H2,1-6H3/t27-,30-,33-,34-,35+,36+,37?,38-,39-,40-,41?/m1/s1. The zero-order chi connectivity index (χ0) is 35.1. The molecule has 49 heavy (non-hydrogen) atoms. The molecular formula is C41H61NO6S. The van der Waals surface area contributed by atoms with Crippen LogP contribution in [0.4, 0.5) is 0 Å². The first kappa shape index (κ1) is 36.7. The van der Waals surface area contributed by atoms with Crippen molar-refractivity contribution < 1.29 is 28.1 Å². The van der Waals surface area contributed by atoms with Crippen LogP contribution in [0.3, 0.4) is 0 Å². The number of rotatable bonds is 12. The van der Waals surface area contributed by atoms with Gasteiger partial charge in [-0.05, 0) is 139 Å². The van der Waals surface area contributed by atoms with Gasteiger partial charge >= 0.3 is 0 Å². The van der Waals surface area contributed by atoms with Crippen LogP contribution in [0, 0.1) is 52.3 Å². The Hall–Kier alpha value is -2.13. The zero-order valence-electron chi connectivity index (χ0n) is 30.7. The number of methoxy groups -OCH3 is 2. The van der Waals surface area contributed by atoms with E-state index in [1.165, 1.54) is 0 Å². The molecule has 4 fully saturated rings. The van der Waals surface area contributed by atoms with Crippen molar-refractivity contribution in [2.45, 2.75) is 111 Å². The molecule has 2 N–H and O–H groups in total. The number of aliphatic hydroxyl groups excluding tert-OH is 2. The first-order valence-electron chi connectivity index (χ1n) is 18.9. The quantitative estimate of drug-likeness (QED) is 0.237. The summed E-state index contributed by atoms with van der Waals surface area (Å²) < 4.78 is 40.7. The van der Waals surface area contributed by atoms with E-state index in [-0.39, 0.29) is 40.6 Å². The third kappa shape index (κ3) is 6.93. The Bertz CT molecular complexity index is 1460. The predicted molar refractivity (Wildman–Crippen MR) is 195 cm³/mol. The van der Waals surface area contributed by atoms with Gasteiger partial charge in [-0.15, -0.1) is 0 Å². The Kier molecular flexibility index (Phi) is 10.8. The minimum Gasteiger partial charge on any atom is -0.497 e. The molecule has 0 amide bonds. The average Bonchev–Trinajstić information content (AvgIpc) is 3.45. The SMILES string of the molecule is CC[C@@H]1C2C[C@H](O)CCC2(C)[C@H]2CC[C@]3(C)[C@@H]([C@H](C)CCS(=O)(=O)N(Cc4ccc(OC)cc4)Cc4ccc(OC)cc4)CC[C@H]3[C@H]2[C@@H]1O. The minimum absolute atomic E-state index is 0.104. The molecule has 6 rings (SSSR count). The molecule has 0 radical (unpaired) electrons. The summed E-state index contributed by atoms with van der Waals surface area (Å²) in [5.74, 6) is 4.21. The summed E-state index contributed by atoms with van der Waals surface area (Å²) in [6.45, 7) is 10.1. The van der Waals surface area contributed by atoms with Gasteiger partial charge in [0.15, 0.2) is 0 Å². The summed E-state index contributed by atoms with van der Waals surface area (Å²) in [6, 6.07) is 15.3. The molecule has 4 saturated carbocycles. The van der Waals surface area contributed by atoms with Crippen molar-refractivity contribution in [3.8, 4) is 11.5 Å². The maximum atomic E-state index is 14.2. The van der Waals surface area contributed by atoms with E-state index >= 15 is 0 Å². The van der Waals surface area contributed by atoms with Gasteiger partial charge in [-0.1, -0.05) is 58.4 Å². The number of hydrogen-bond donors (Lipinski definition) is 2. The number of benzene rings is 2. The fourth-order valence-electron chi connectivity index (χ4n) is 11.7. The Labute approximate surface area is 295 Å². The smallest absolute Gasteiger partial charge is 0.214 e. The topological polar surface area (TPSA) is 96.3 Å². The van der Waals surface area contributed by atoms with Crippen LogP contribution in [0.5, 0.6) is 11.5 Å². The van der Waals surface area contributed by atoms with Crippen molar-refractivity contribution >= 4 is 10.0 Å². The van der Waals surface area contributed by atoms with E-state index in [1.54, 1.807) is 18.5 Å². The van der Waals surface area contributed by atoms with Crippen molar-refractivity contribution in [2.75, 3.05) is 20.0 Å². The highest BCUT2D eigenvalue weighted by Gasteiger charge is 2.64. The second kappa shape index (κ2) is 14.5. The monoisotopic (exact) mass is 695 g/mol. The number of sulfonamides is 1. The first-order valence-corrected chi connectivity index (χ1v) is 20.5. The highest BCUT2D eigenvalue weighted by atomic mass is 32.2. The number of ether oxygens (including phenoxy) is 2. The van der Waals surface area contributed by atoms with E-state index < -0.39 is 10.0 Å². The number of fused-ring (bicyclic) bond motifs is 5. The maximum Gasteiger partial charge on any atom is 0.214 e. The van der Waals surface area contributed by atoms with Gasteiger partial charge in [-0.25, -0.2) is 8.42 Å². The largest absolute Gasteiger partial charge is 0.497 e. The molecule has 4 aliphatic rings. The van der Waals surface area contributed by atoms with Gasteiger partial charge in [0.05, 0.1) is 32.2 Å². The fourth-order valence-corrected chi connectivity index (χ4v) is 13.3. The van der Waals surface area contributed by atoms with E-state index in [0.717, 1.165) is 74.0 Å². The molecule has 2 unspecified atom stereocenters. The molecule has 0 heterocycles. The minimum atomic E-state index is -3.58. The summed E-state index contributed by atoms with van der Waals surface area (Å²) in [4.78, 5) is 0. The summed E-state index contributed by atoms with van der Waals surface area (Å²) in [5.41, 5.74) is 2.13. The zero-order valence-corrected chi connectivity index (χ0v) is 31.5. The van der Waals surface area contributed by atoms with Gasteiger partial charge in [-0.3, -0.25) is 0 Å². The molecular weight excluding hydrogens is 635 g/mol. The van der Waals surface area contributed by atoms with E-state index in [9.17, 15) is 18.6 Å². The number of nitrogens with zero attached hydrogens (tertiary/aromatic N) is 1. The molecule has 11 atom stereocenters. The van der Waals surface area contributed by atoms with E-state index in [2.05, 4.69) is 27.7 Å². The average molecular weight is 696 g/mol. The predicted octanol–water partition coefficient (Wildman–Crippen LogP) is 7.69. The van der Waals surface area contributed by atoms with Crippen LogP contribution in [0.2, 0.25) is 0 Å². The number of aliphatic hydroxyl groups is 2. The van der Waals surface area contributed by atoms with Crippen molar-refractivity contribution in [2.24, 2.45) is 52.3 Å². The Balaban J connectivity index is 1.18. The summed E-state index contributed by atoms with van der Waals surface area (Å²) in [6.07, 6.45) is 8.32. The van der Waals surface area contributed by atoms with Gasteiger partial charge in [0.25, 0.3) is 0 Å². The third-order valence-corrected chi connectivity index (χ3v) is 16.2. The lowest BCUT2D eigenvalue weighted by Gasteiger charge is -2.64. The van der Waals surface area contributed by atoms with E-state index in [4.69, 9.17) is 9.47 Å². The van der Waals surface area contributed by atoms with Crippen molar-refractivity contribution in [3.63, 3.8) is 0 Å². The molecule has 2 aromatic rings. The molecule has 7 nitrogen and oxygen atoms in total. The van der Waals surface area contributed by atoms with Crippen LogP contribution in [-0.4, -0.2) is 55.1 Å². The molecule has 0 saturated heterocycles. The molecule has 0 spiro atoms. The van der Waals surface area contributed by atoms with Gasteiger partial charge < -0.3 is 19.7 Å². The maximum absolute atomic E-state index is 14.2. The fraction of sp³-hybridized carbons (Fsp3) is 0.707. The Morgan fingerprint density at radius 1 is 0.816 bits per heavy atom.